The number of carbonyl (C=O) groups excluding carboxylic acids is 1. The second-order valence-corrected chi connectivity index (χ2v) is 9.35. The topological polar surface area (TPSA) is 88.4 Å². The fourth-order valence-electron chi connectivity index (χ4n) is 3.99. The van der Waals surface area contributed by atoms with Crippen molar-refractivity contribution in [3.8, 4) is 22.8 Å². The molecular formula is C22H20BrN4O4S+. The summed E-state index contributed by atoms with van der Waals surface area (Å²) >= 11 is 5.10. The zero-order chi connectivity index (χ0) is 22.4. The van der Waals surface area contributed by atoms with E-state index in [2.05, 4.69) is 27.8 Å². The SMILES string of the molecule is CCCSc1n[n+]2c(c(=O)[nH]1)-c1ccccc1N(C(C)=O)C2c1cc2c(cc1Br)OCO2. The van der Waals surface area contributed by atoms with Crippen LogP contribution in [0, 0.1) is 0 Å². The Morgan fingerprint density at radius 1 is 1.31 bits per heavy atom. The molecule has 0 spiro atoms. The molecule has 0 radical (unpaired) electrons. The van der Waals surface area contributed by atoms with Gasteiger partial charge in [0.2, 0.25) is 17.9 Å². The first-order valence-corrected chi connectivity index (χ1v) is 11.9. The number of halogens is 1. The predicted molar refractivity (Wildman–Crippen MR) is 123 cm³/mol. The van der Waals surface area contributed by atoms with Crippen LogP contribution in [0.5, 0.6) is 11.5 Å². The maximum Gasteiger partial charge on any atom is 0.325 e. The number of nitrogens with zero attached hydrogens (tertiary/aromatic N) is 3. The van der Waals surface area contributed by atoms with Crippen LogP contribution in [0.15, 0.2) is 50.8 Å². The van der Waals surface area contributed by atoms with E-state index in [4.69, 9.17) is 14.6 Å². The van der Waals surface area contributed by atoms with E-state index in [1.165, 1.54) is 18.7 Å². The van der Waals surface area contributed by atoms with Crippen LogP contribution >= 0.6 is 27.7 Å². The number of thioether (sulfide) groups is 1. The first kappa shape index (κ1) is 21.0. The molecule has 2 aliphatic rings. The summed E-state index contributed by atoms with van der Waals surface area (Å²) in [5.74, 6) is 1.84. The number of anilines is 1. The molecule has 0 bridgehead atoms. The van der Waals surface area contributed by atoms with E-state index in [1.54, 1.807) is 9.58 Å². The zero-order valence-corrected chi connectivity index (χ0v) is 19.8. The van der Waals surface area contributed by atoms with Gasteiger partial charge in [-0.1, -0.05) is 46.7 Å². The van der Waals surface area contributed by atoms with Gasteiger partial charge < -0.3 is 9.47 Å². The summed E-state index contributed by atoms with van der Waals surface area (Å²) in [6.07, 6.45) is 0.250. The summed E-state index contributed by atoms with van der Waals surface area (Å²) in [5, 5.41) is 5.28. The van der Waals surface area contributed by atoms with Crippen LogP contribution in [0.25, 0.3) is 11.3 Å². The summed E-state index contributed by atoms with van der Waals surface area (Å²) in [6.45, 7) is 3.71. The van der Waals surface area contributed by atoms with E-state index in [1.807, 2.05) is 36.4 Å². The number of nitrogens with one attached hydrogen (secondary N) is 1. The van der Waals surface area contributed by atoms with Gasteiger partial charge in [-0.25, -0.2) is 4.90 Å². The lowest BCUT2D eigenvalue weighted by molar-refractivity contribution is -0.763. The van der Waals surface area contributed by atoms with Crippen molar-refractivity contribution < 1.29 is 19.0 Å². The number of para-hydroxylation sites is 1. The van der Waals surface area contributed by atoms with Crippen molar-refractivity contribution in [1.82, 2.24) is 10.1 Å². The largest absolute Gasteiger partial charge is 0.454 e. The molecule has 3 heterocycles. The number of hydrogen-bond donors (Lipinski definition) is 1. The van der Waals surface area contributed by atoms with Gasteiger partial charge in [0.1, 0.15) is 0 Å². The fraction of sp³-hybridized carbons (Fsp3) is 0.273. The van der Waals surface area contributed by atoms with Gasteiger partial charge in [-0.15, -0.1) is 0 Å². The number of aromatic amines is 1. The molecule has 8 nitrogen and oxygen atoms in total. The zero-order valence-electron chi connectivity index (χ0n) is 17.4. The van der Waals surface area contributed by atoms with Crippen LogP contribution in [0.4, 0.5) is 5.69 Å². The molecule has 5 rings (SSSR count). The van der Waals surface area contributed by atoms with Crippen LogP contribution in [0.1, 0.15) is 32.0 Å². The molecule has 32 heavy (non-hydrogen) atoms. The third-order valence-electron chi connectivity index (χ3n) is 5.31. The quantitative estimate of drug-likeness (QED) is 0.421. The van der Waals surface area contributed by atoms with Crippen molar-refractivity contribution in [1.29, 1.82) is 0 Å². The smallest absolute Gasteiger partial charge is 0.325 e. The van der Waals surface area contributed by atoms with Crippen molar-refractivity contribution in [3.05, 3.63) is 56.8 Å². The summed E-state index contributed by atoms with van der Waals surface area (Å²) in [4.78, 5) is 30.8. The summed E-state index contributed by atoms with van der Waals surface area (Å²) < 4.78 is 13.4. The molecule has 0 aliphatic carbocycles. The highest BCUT2D eigenvalue weighted by Gasteiger charge is 2.46. The molecule has 1 unspecified atom stereocenters. The maximum atomic E-state index is 13.2. The van der Waals surface area contributed by atoms with Gasteiger partial charge in [0.05, 0.1) is 16.8 Å². The highest BCUT2D eigenvalue weighted by molar-refractivity contribution is 9.10. The van der Waals surface area contributed by atoms with Crippen molar-refractivity contribution in [2.75, 3.05) is 17.4 Å². The minimum Gasteiger partial charge on any atom is -0.454 e. The van der Waals surface area contributed by atoms with Gasteiger partial charge >= 0.3 is 11.3 Å². The number of rotatable bonds is 4. The second kappa shape index (κ2) is 8.25. The minimum absolute atomic E-state index is 0.134. The Morgan fingerprint density at radius 3 is 2.81 bits per heavy atom. The lowest BCUT2D eigenvalue weighted by atomic mass is 10.0. The standard InChI is InChI=1S/C22H19BrN4O4S/c1-3-8-32-22-24-20(29)19-13-6-4-5-7-16(13)26(12(2)28)21(27(19)25-22)14-9-17-18(10-15(14)23)31-11-30-17/h4-7,9-10,21H,3,8,11H2,1-2H3/p+1. The molecule has 1 aromatic heterocycles. The lowest BCUT2D eigenvalue weighted by Gasteiger charge is -2.31. The van der Waals surface area contributed by atoms with Gasteiger partial charge in [-0.3, -0.25) is 14.6 Å². The fourth-order valence-corrected chi connectivity index (χ4v) is 5.22. The Morgan fingerprint density at radius 2 is 2.06 bits per heavy atom. The average molecular weight is 516 g/mol. The molecule has 0 saturated heterocycles. The van der Waals surface area contributed by atoms with Gasteiger partial charge in [-0.05, 0) is 35.4 Å². The predicted octanol–water partition coefficient (Wildman–Crippen LogP) is 3.63. The van der Waals surface area contributed by atoms with Gasteiger partial charge in [-0.2, -0.15) is 0 Å². The van der Waals surface area contributed by atoms with Crippen LogP contribution < -0.4 is 24.6 Å². The third kappa shape index (κ3) is 3.38. The minimum atomic E-state index is -0.690. The molecule has 1 atom stereocenters. The Kier molecular flexibility index (Phi) is 5.42. The van der Waals surface area contributed by atoms with Crippen LogP contribution in [-0.4, -0.2) is 28.5 Å². The Bertz CT molecular complexity index is 1300. The van der Waals surface area contributed by atoms with Gasteiger partial charge in [0.25, 0.3) is 6.17 Å². The summed E-state index contributed by atoms with van der Waals surface area (Å²) in [5.41, 5.74) is 2.17. The number of benzene rings is 2. The highest BCUT2D eigenvalue weighted by atomic mass is 79.9. The lowest BCUT2D eigenvalue weighted by Crippen LogP contribution is -2.60. The van der Waals surface area contributed by atoms with E-state index < -0.39 is 6.17 Å². The number of H-pyrrole nitrogens is 1. The molecule has 2 aliphatic heterocycles. The van der Waals surface area contributed by atoms with E-state index >= 15 is 0 Å². The highest BCUT2D eigenvalue weighted by Crippen LogP contribution is 2.43. The molecular weight excluding hydrogens is 496 g/mol. The van der Waals surface area contributed by atoms with E-state index in [0.717, 1.165) is 22.2 Å². The van der Waals surface area contributed by atoms with Crippen molar-refractivity contribution in [2.24, 2.45) is 0 Å². The first-order chi connectivity index (χ1) is 15.5. The molecule has 3 aromatic rings. The molecule has 164 valence electrons. The number of amides is 1. The summed E-state index contributed by atoms with van der Waals surface area (Å²) in [7, 11) is 0. The number of carbonyl (C=O) groups is 1. The Hall–Kier alpha value is -2.85. The summed E-state index contributed by atoms with van der Waals surface area (Å²) in [6, 6.07) is 11.0. The van der Waals surface area contributed by atoms with E-state index in [0.29, 0.717) is 33.6 Å². The van der Waals surface area contributed by atoms with E-state index in [9.17, 15) is 9.59 Å². The molecule has 2 aromatic carbocycles. The van der Waals surface area contributed by atoms with Crippen LogP contribution in [-0.2, 0) is 4.79 Å². The molecule has 1 amide bonds. The van der Waals surface area contributed by atoms with Crippen molar-refractivity contribution in [3.63, 3.8) is 0 Å². The average Bonchev–Trinajstić information content (AvgIpc) is 3.23. The van der Waals surface area contributed by atoms with Crippen LogP contribution in [0.2, 0.25) is 0 Å². The Labute approximate surface area is 196 Å². The molecule has 0 saturated carbocycles. The Balaban J connectivity index is 1.81. The molecule has 10 heteroatoms. The van der Waals surface area contributed by atoms with Gasteiger partial charge in [0.15, 0.2) is 11.5 Å². The van der Waals surface area contributed by atoms with E-state index in [-0.39, 0.29) is 18.3 Å². The molecule has 1 N–H and O–H groups in total. The number of ether oxygens (including phenoxy) is 2. The number of aromatic nitrogens is 3. The number of hydrogen-bond acceptors (Lipinski definition) is 6. The van der Waals surface area contributed by atoms with Crippen molar-refractivity contribution >= 4 is 39.3 Å². The van der Waals surface area contributed by atoms with Crippen LogP contribution in [0.3, 0.4) is 0 Å². The second-order valence-electron chi connectivity index (χ2n) is 7.41. The maximum absolute atomic E-state index is 13.2. The molecule has 0 fully saturated rings. The normalized spacial score (nSPS) is 16.0. The van der Waals surface area contributed by atoms with Crippen molar-refractivity contribution in [2.45, 2.75) is 31.6 Å². The first-order valence-electron chi connectivity index (χ1n) is 10.2. The monoisotopic (exact) mass is 515 g/mol. The van der Waals surface area contributed by atoms with Gasteiger partial charge in [0, 0.05) is 22.2 Å². The number of fused-ring (bicyclic) bond motifs is 4. The third-order valence-corrected chi connectivity index (χ3v) is 7.07.